The number of aryl methyl sites for hydroxylation is 3. The fourth-order valence-corrected chi connectivity index (χ4v) is 4.18. The van der Waals surface area contributed by atoms with Crippen molar-refractivity contribution in [3.8, 4) is 6.07 Å². The van der Waals surface area contributed by atoms with Crippen LogP contribution in [0.25, 0.3) is 0 Å². The van der Waals surface area contributed by atoms with E-state index in [0.29, 0.717) is 36.3 Å². The number of nitrogen functional groups attached to an aromatic ring is 1. The number of hydrogen-bond acceptors (Lipinski definition) is 7. The van der Waals surface area contributed by atoms with Gasteiger partial charge >= 0.3 is 0 Å². The standard InChI is InChI=1S/C21H26N6O2/c1-13-9-15(5-6-17-16(10-22)19(23)26-12-25-17)20(29)27(18(13)14(2)28)21(3)7-4-8-24-11-21/h9,12,24H,4-8,11H2,1-3H3,(H2,23,25,26). The smallest absolute Gasteiger partial charge is 0.254 e. The lowest BCUT2D eigenvalue weighted by atomic mass is 9.89. The molecule has 0 aliphatic carbocycles. The number of piperidine rings is 1. The average Bonchev–Trinajstić information content (AvgIpc) is 2.68. The van der Waals surface area contributed by atoms with Gasteiger partial charge in [-0.2, -0.15) is 5.26 Å². The lowest BCUT2D eigenvalue weighted by Crippen LogP contribution is -2.51. The zero-order valence-electron chi connectivity index (χ0n) is 17.1. The second-order valence-corrected chi connectivity index (χ2v) is 7.87. The number of nitrogens with one attached hydrogen (secondary N) is 1. The molecule has 0 aromatic carbocycles. The van der Waals surface area contributed by atoms with Gasteiger partial charge in [0.25, 0.3) is 5.56 Å². The quantitative estimate of drug-likeness (QED) is 0.736. The molecular formula is C21H26N6O2. The molecule has 3 N–H and O–H groups in total. The Hall–Kier alpha value is -3.05. The Morgan fingerprint density at radius 1 is 1.41 bits per heavy atom. The molecular weight excluding hydrogens is 368 g/mol. The molecule has 152 valence electrons. The number of carbonyl (C=O) groups excluding carboxylic acids is 1. The minimum atomic E-state index is -0.464. The summed E-state index contributed by atoms with van der Waals surface area (Å²) in [7, 11) is 0. The highest BCUT2D eigenvalue weighted by Crippen LogP contribution is 2.27. The molecule has 0 spiro atoms. The monoisotopic (exact) mass is 394 g/mol. The maximum atomic E-state index is 13.5. The number of rotatable bonds is 5. The van der Waals surface area contributed by atoms with E-state index in [1.54, 1.807) is 10.6 Å². The number of nitriles is 1. The molecule has 8 nitrogen and oxygen atoms in total. The van der Waals surface area contributed by atoms with Crippen LogP contribution in [0.2, 0.25) is 0 Å². The van der Waals surface area contributed by atoms with Gasteiger partial charge in [0.2, 0.25) is 0 Å². The van der Waals surface area contributed by atoms with Gasteiger partial charge in [-0.15, -0.1) is 0 Å². The summed E-state index contributed by atoms with van der Waals surface area (Å²) in [5.41, 5.74) is 7.75. The summed E-state index contributed by atoms with van der Waals surface area (Å²) in [6, 6.07) is 3.82. The van der Waals surface area contributed by atoms with Crippen LogP contribution in [0.1, 0.15) is 59.6 Å². The Balaban J connectivity index is 2.06. The summed E-state index contributed by atoms with van der Waals surface area (Å²) in [5.74, 6) is 0.0205. The highest BCUT2D eigenvalue weighted by molar-refractivity contribution is 5.94. The van der Waals surface area contributed by atoms with Gasteiger partial charge in [0.05, 0.1) is 16.9 Å². The van der Waals surface area contributed by atoms with E-state index in [1.807, 2.05) is 19.9 Å². The van der Waals surface area contributed by atoms with Crippen molar-refractivity contribution in [2.75, 3.05) is 18.8 Å². The summed E-state index contributed by atoms with van der Waals surface area (Å²) in [6.07, 6.45) is 3.87. The SMILES string of the molecule is CC(=O)c1c(C)cc(CCc2ncnc(N)c2C#N)c(=O)n1C1(C)CCCNC1. The summed E-state index contributed by atoms with van der Waals surface area (Å²) in [5, 5.41) is 12.7. The van der Waals surface area contributed by atoms with Crippen LogP contribution in [0, 0.1) is 18.3 Å². The number of aromatic nitrogens is 3. The van der Waals surface area contributed by atoms with Crippen molar-refractivity contribution in [1.29, 1.82) is 5.26 Å². The molecule has 1 atom stereocenters. The van der Waals surface area contributed by atoms with Gasteiger partial charge in [0.1, 0.15) is 23.8 Å². The highest BCUT2D eigenvalue weighted by atomic mass is 16.1. The maximum Gasteiger partial charge on any atom is 0.254 e. The van der Waals surface area contributed by atoms with Crippen LogP contribution in [-0.2, 0) is 18.4 Å². The van der Waals surface area contributed by atoms with E-state index in [0.717, 1.165) is 24.9 Å². The Morgan fingerprint density at radius 2 is 2.17 bits per heavy atom. The maximum absolute atomic E-state index is 13.5. The number of anilines is 1. The summed E-state index contributed by atoms with van der Waals surface area (Å²) >= 11 is 0. The molecule has 0 radical (unpaired) electrons. The Labute approximate surface area is 169 Å². The Morgan fingerprint density at radius 3 is 2.79 bits per heavy atom. The third kappa shape index (κ3) is 3.91. The predicted molar refractivity (Wildman–Crippen MR) is 110 cm³/mol. The fraction of sp³-hybridized carbons (Fsp3) is 0.476. The molecule has 1 saturated heterocycles. The van der Waals surface area contributed by atoms with Crippen LogP contribution in [-0.4, -0.2) is 33.4 Å². The van der Waals surface area contributed by atoms with Crippen molar-refractivity contribution in [3.05, 3.63) is 50.8 Å². The first-order chi connectivity index (χ1) is 13.8. The van der Waals surface area contributed by atoms with Crippen LogP contribution in [0.3, 0.4) is 0 Å². The lowest BCUT2D eigenvalue weighted by Gasteiger charge is -2.38. The molecule has 8 heteroatoms. The number of nitrogens with two attached hydrogens (primary N) is 1. The van der Waals surface area contributed by atoms with Crippen molar-refractivity contribution in [3.63, 3.8) is 0 Å². The topological polar surface area (TPSA) is 127 Å². The molecule has 2 aromatic rings. The van der Waals surface area contributed by atoms with Gasteiger partial charge in [0.15, 0.2) is 5.78 Å². The predicted octanol–water partition coefficient (Wildman–Crippen LogP) is 1.49. The van der Waals surface area contributed by atoms with E-state index in [-0.39, 0.29) is 22.7 Å². The average molecular weight is 394 g/mol. The van der Waals surface area contributed by atoms with E-state index in [9.17, 15) is 14.9 Å². The van der Waals surface area contributed by atoms with Crippen molar-refractivity contribution in [2.45, 2.75) is 52.0 Å². The molecule has 1 aliphatic heterocycles. The van der Waals surface area contributed by atoms with Crippen LogP contribution < -0.4 is 16.6 Å². The number of ketones is 1. The zero-order valence-corrected chi connectivity index (χ0v) is 17.1. The third-order valence-corrected chi connectivity index (χ3v) is 5.61. The van der Waals surface area contributed by atoms with Crippen molar-refractivity contribution < 1.29 is 4.79 Å². The molecule has 1 unspecified atom stereocenters. The van der Waals surface area contributed by atoms with Gasteiger partial charge in [-0.05, 0) is 57.7 Å². The normalized spacial score (nSPS) is 19.0. The number of Topliss-reactive ketones (excluding diaryl/α,β-unsaturated/α-hetero) is 1. The van der Waals surface area contributed by atoms with Crippen LogP contribution in [0.15, 0.2) is 17.2 Å². The van der Waals surface area contributed by atoms with E-state index < -0.39 is 5.54 Å². The van der Waals surface area contributed by atoms with Crippen molar-refractivity contribution in [1.82, 2.24) is 19.9 Å². The second-order valence-electron chi connectivity index (χ2n) is 7.87. The van der Waals surface area contributed by atoms with Crippen LogP contribution in [0.5, 0.6) is 0 Å². The third-order valence-electron chi connectivity index (χ3n) is 5.61. The molecule has 1 fully saturated rings. The summed E-state index contributed by atoms with van der Waals surface area (Å²) in [4.78, 5) is 33.9. The fourth-order valence-electron chi connectivity index (χ4n) is 4.18. The first-order valence-corrected chi connectivity index (χ1v) is 9.75. The van der Waals surface area contributed by atoms with Crippen molar-refractivity contribution in [2.24, 2.45) is 0 Å². The Bertz CT molecular complexity index is 1040. The number of pyridine rings is 1. The van der Waals surface area contributed by atoms with Gasteiger partial charge in [0, 0.05) is 19.0 Å². The van der Waals surface area contributed by atoms with Gasteiger partial charge in [-0.25, -0.2) is 9.97 Å². The molecule has 2 aromatic heterocycles. The van der Waals surface area contributed by atoms with Crippen molar-refractivity contribution >= 4 is 11.6 Å². The molecule has 29 heavy (non-hydrogen) atoms. The van der Waals surface area contributed by atoms with E-state index >= 15 is 0 Å². The molecule has 3 rings (SSSR count). The minimum Gasteiger partial charge on any atom is -0.382 e. The molecule has 3 heterocycles. The van der Waals surface area contributed by atoms with Gasteiger partial charge in [-0.3, -0.25) is 14.2 Å². The number of hydrogen-bond donors (Lipinski definition) is 2. The summed E-state index contributed by atoms with van der Waals surface area (Å²) < 4.78 is 1.69. The van der Waals surface area contributed by atoms with Crippen LogP contribution >= 0.6 is 0 Å². The van der Waals surface area contributed by atoms with Crippen LogP contribution in [0.4, 0.5) is 5.82 Å². The van der Waals surface area contributed by atoms with E-state index in [4.69, 9.17) is 5.73 Å². The summed E-state index contributed by atoms with van der Waals surface area (Å²) in [6.45, 7) is 6.93. The second kappa shape index (κ2) is 8.13. The van der Waals surface area contributed by atoms with Gasteiger partial charge in [-0.1, -0.05) is 0 Å². The first-order valence-electron chi connectivity index (χ1n) is 9.75. The lowest BCUT2D eigenvalue weighted by molar-refractivity contribution is 0.0988. The zero-order chi connectivity index (χ0) is 21.2. The molecule has 0 amide bonds. The molecule has 0 bridgehead atoms. The molecule has 1 aliphatic rings. The van der Waals surface area contributed by atoms with E-state index in [1.165, 1.54) is 13.3 Å². The number of nitrogens with zero attached hydrogens (tertiary/aromatic N) is 4. The van der Waals surface area contributed by atoms with E-state index in [2.05, 4.69) is 15.3 Å². The highest BCUT2D eigenvalue weighted by Gasteiger charge is 2.33. The number of carbonyl (C=O) groups is 1. The molecule has 0 saturated carbocycles. The first kappa shape index (κ1) is 20.7. The largest absolute Gasteiger partial charge is 0.382 e. The van der Waals surface area contributed by atoms with Gasteiger partial charge < -0.3 is 11.1 Å². The Kier molecular flexibility index (Phi) is 5.80. The minimum absolute atomic E-state index is 0.117.